The van der Waals surface area contributed by atoms with Crippen molar-refractivity contribution in [3.63, 3.8) is 0 Å². The number of anilines is 3. The van der Waals surface area contributed by atoms with E-state index in [2.05, 4.69) is 10.2 Å². The average Bonchev–Trinajstić information content (AvgIpc) is 3.45. The zero-order valence-electron chi connectivity index (χ0n) is 16.8. The van der Waals surface area contributed by atoms with Gasteiger partial charge in [0.25, 0.3) is 5.91 Å². The Morgan fingerprint density at radius 3 is 2.40 bits per heavy atom. The third kappa shape index (κ3) is 4.62. The van der Waals surface area contributed by atoms with Gasteiger partial charge in [-0.25, -0.2) is 4.79 Å². The molecule has 0 spiro atoms. The molecule has 2 heterocycles. The van der Waals surface area contributed by atoms with Gasteiger partial charge in [-0.3, -0.25) is 9.59 Å². The van der Waals surface area contributed by atoms with Crippen LogP contribution >= 0.6 is 0 Å². The van der Waals surface area contributed by atoms with Crippen molar-refractivity contribution in [2.24, 2.45) is 0 Å². The Hall–Kier alpha value is -3.35. The predicted octanol–water partition coefficient (Wildman–Crippen LogP) is 3.21. The van der Waals surface area contributed by atoms with Crippen LogP contribution in [-0.4, -0.2) is 44.0 Å². The van der Waals surface area contributed by atoms with Gasteiger partial charge in [-0.1, -0.05) is 6.07 Å². The molecule has 4 rings (SSSR count). The lowest BCUT2D eigenvalue weighted by atomic mass is 10.2. The Morgan fingerprint density at radius 1 is 0.933 bits per heavy atom. The Kier molecular flexibility index (Phi) is 5.97. The highest BCUT2D eigenvalue weighted by Crippen LogP contribution is 2.23. The van der Waals surface area contributed by atoms with Gasteiger partial charge >= 0.3 is 5.97 Å². The lowest BCUT2D eigenvalue weighted by Crippen LogP contribution is -2.24. The molecule has 0 aromatic heterocycles. The van der Waals surface area contributed by atoms with Crippen LogP contribution in [0.4, 0.5) is 17.1 Å². The molecule has 0 atom stereocenters. The summed E-state index contributed by atoms with van der Waals surface area (Å²) >= 11 is 0. The summed E-state index contributed by atoms with van der Waals surface area (Å²) in [4.78, 5) is 40.4. The quantitative estimate of drug-likeness (QED) is 0.744. The first kappa shape index (κ1) is 19.9. The molecule has 7 nitrogen and oxygen atoms in total. The first-order chi connectivity index (χ1) is 14.6. The first-order valence-electron chi connectivity index (χ1n) is 10.3. The standard InChI is InChI=1S/C23H25N3O4/c27-21(24-18-8-10-19(11-9-18)25-12-1-2-13-25)16-30-23(29)17-5-3-6-20(15-17)26-14-4-7-22(26)28/h3,5-6,8-11,15H,1-2,4,7,12-14,16H2,(H,24,27). The second-order valence-corrected chi connectivity index (χ2v) is 7.56. The van der Waals surface area contributed by atoms with E-state index in [1.165, 1.54) is 12.8 Å². The van der Waals surface area contributed by atoms with Crippen LogP contribution in [-0.2, 0) is 14.3 Å². The summed E-state index contributed by atoms with van der Waals surface area (Å²) in [6.45, 7) is 2.40. The van der Waals surface area contributed by atoms with E-state index >= 15 is 0 Å². The van der Waals surface area contributed by atoms with Crippen molar-refractivity contribution in [1.82, 2.24) is 0 Å². The Balaban J connectivity index is 1.29. The van der Waals surface area contributed by atoms with Crippen molar-refractivity contribution in [1.29, 1.82) is 0 Å². The van der Waals surface area contributed by atoms with Crippen LogP contribution in [0.2, 0.25) is 0 Å². The minimum absolute atomic E-state index is 0.0515. The van der Waals surface area contributed by atoms with E-state index in [0.717, 1.165) is 25.2 Å². The highest BCUT2D eigenvalue weighted by molar-refractivity contribution is 5.98. The van der Waals surface area contributed by atoms with Crippen LogP contribution in [0.1, 0.15) is 36.0 Å². The number of amides is 2. The molecule has 1 N–H and O–H groups in total. The molecule has 2 fully saturated rings. The Bertz CT molecular complexity index is 936. The molecule has 30 heavy (non-hydrogen) atoms. The smallest absolute Gasteiger partial charge is 0.338 e. The minimum atomic E-state index is -0.594. The van der Waals surface area contributed by atoms with E-state index in [0.29, 0.717) is 29.9 Å². The summed E-state index contributed by atoms with van der Waals surface area (Å²) in [7, 11) is 0. The molecule has 2 aliphatic rings. The molecule has 2 saturated heterocycles. The molecule has 2 aromatic carbocycles. The van der Waals surface area contributed by atoms with Gasteiger partial charge in [0, 0.05) is 43.1 Å². The number of nitrogens with zero attached hydrogens (tertiary/aromatic N) is 2. The maximum atomic E-state index is 12.3. The number of carbonyl (C=O) groups is 3. The van der Waals surface area contributed by atoms with E-state index in [1.54, 1.807) is 29.2 Å². The third-order valence-corrected chi connectivity index (χ3v) is 5.42. The molecule has 156 valence electrons. The molecule has 2 amide bonds. The van der Waals surface area contributed by atoms with Gasteiger partial charge in [-0.15, -0.1) is 0 Å². The summed E-state index contributed by atoms with van der Waals surface area (Å²) < 4.78 is 5.15. The Morgan fingerprint density at radius 2 is 1.70 bits per heavy atom. The monoisotopic (exact) mass is 407 g/mol. The summed E-state index contributed by atoms with van der Waals surface area (Å²) in [6.07, 6.45) is 3.75. The zero-order chi connectivity index (χ0) is 20.9. The van der Waals surface area contributed by atoms with Crippen LogP contribution in [0, 0.1) is 0 Å². The van der Waals surface area contributed by atoms with Gasteiger partial charge in [0.2, 0.25) is 5.91 Å². The maximum absolute atomic E-state index is 12.3. The lowest BCUT2D eigenvalue weighted by Gasteiger charge is -2.17. The van der Waals surface area contributed by atoms with E-state index < -0.39 is 11.9 Å². The van der Waals surface area contributed by atoms with E-state index in [9.17, 15) is 14.4 Å². The normalized spacial score (nSPS) is 16.1. The fourth-order valence-corrected chi connectivity index (χ4v) is 3.86. The second kappa shape index (κ2) is 8.98. The van der Waals surface area contributed by atoms with Crippen molar-refractivity contribution >= 4 is 34.8 Å². The number of hydrogen-bond acceptors (Lipinski definition) is 5. The SMILES string of the molecule is O=C(COC(=O)c1cccc(N2CCCC2=O)c1)Nc1ccc(N2CCCC2)cc1. The number of benzene rings is 2. The summed E-state index contributed by atoms with van der Waals surface area (Å²) in [5, 5.41) is 2.74. The van der Waals surface area contributed by atoms with Crippen molar-refractivity contribution < 1.29 is 19.1 Å². The highest BCUT2D eigenvalue weighted by atomic mass is 16.5. The molecule has 0 radical (unpaired) electrons. The van der Waals surface area contributed by atoms with Gasteiger partial charge in [0.15, 0.2) is 6.61 Å². The van der Waals surface area contributed by atoms with Gasteiger partial charge < -0.3 is 19.9 Å². The molecule has 0 aliphatic carbocycles. The third-order valence-electron chi connectivity index (χ3n) is 5.42. The number of carbonyl (C=O) groups excluding carboxylic acids is 3. The van der Waals surface area contributed by atoms with Gasteiger partial charge in [0.1, 0.15) is 0 Å². The summed E-state index contributed by atoms with van der Waals surface area (Å²) in [6, 6.07) is 14.4. The summed E-state index contributed by atoms with van der Waals surface area (Å²) in [5.74, 6) is -0.943. The predicted molar refractivity (Wildman–Crippen MR) is 115 cm³/mol. The second-order valence-electron chi connectivity index (χ2n) is 7.56. The number of ether oxygens (including phenoxy) is 1. The highest BCUT2D eigenvalue weighted by Gasteiger charge is 2.22. The zero-order valence-corrected chi connectivity index (χ0v) is 16.8. The molecule has 2 aliphatic heterocycles. The van der Waals surface area contributed by atoms with E-state index in [1.807, 2.05) is 24.3 Å². The van der Waals surface area contributed by atoms with Gasteiger partial charge in [-0.2, -0.15) is 0 Å². The van der Waals surface area contributed by atoms with Crippen molar-refractivity contribution in [3.05, 3.63) is 54.1 Å². The van der Waals surface area contributed by atoms with Crippen LogP contribution in [0.5, 0.6) is 0 Å². The molecular weight excluding hydrogens is 382 g/mol. The fourth-order valence-electron chi connectivity index (χ4n) is 3.86. The van der Waals surface area contributed by atoms with Crippen molar-refractivity contribution in [2.75, 3.05) is 41.4 Å². The van der Waals surface area contributed by atoms with E-state index in [4.69, 9.17) is 4.74 Å². The maximum Gasteiger partial charge on any atom is 0.338 e. The average molecular weight is 407 g/mol. The molecule has 0 unspecified atom stereocenters. The van der Waals surface area contributed by atoms with Crippen LogP contribution in [0.25, 0.3) is 0 Å². The van der Waals surface area contributed by atoms with Crippen molar-refractivity contribution in [2.45, 2.75) is 25.7 Å². The molecule has 2 aromatic rings. The van der Waals surface area contributed by atoms with E-state index in [-0.39, 0.29) is 12.5 Å². The number of esters is 1. The topological polar surface area (TPSA) is 79.0 Å². The molecule has 0 saturated carbocycles. The summed E-state index contributed by atoms with van der Waals surface area (Å²) in [5.41, 5.74) is 2.80. The van der Waals surface area contributed by atoms with Gasteiger partial charge in [-0.05, 0) is 61.7 Å². The number of hydrogen-bond donors (Lipinski definition) is 1. The van der Waals surface area contributed by atoms with Crippen molar-refractivity contribution in [3.8, 4) is 0 Å². The van der Waals surface area contributed by atoms with Crippen LogP contribution in [0.15, 0.2) is 48.5 Å². The number of rotatable bonds is 6. The van der Waals surface area contributed by atoms with Crippen LogP contribution in [0.3, 0.4) is 0 Å². The molecular formula is C23H25N3O4. The minimum Gasteiger partial charge on any atom is -0.452 e. The fraction of sp³-hybridized carbons (Fsp3) is 0.348. The van der Waals surface area contributed by atoms with Gasteiger partial charge in [0.05, 0.1) is 5.56 Å². The number of nitrogens with one attached hydrogen (secondary N) is 1. The Labute approximate surface area is 175 Å². The largest absolute Gasteiger partial charge is 0.452 e. The molecule has 0 bridgehead atoms. The lowest BCUT2D eigenvalue weighted by molar-refractivity contribution is -0.119. The molecule has 7 heteroatoms. The van der Waals surface area contributed by atoms with Crippen LogP contribution < -0.4 is 15.1 Å². The first-order valence-corrected chi connectivity index (χ1v) is 10.3.